The lowest BCUT2D eigenvalue weighted by molar-refractivity contribution is -0.270. The average Bonchev–Trinajstić information content (AvgIpc) is 3.40. The fourth-order valence-corrected chi connectivity index (χ4v) is 7.13. The van der Waals surface area contributed by atoms with Crippen LogP contribution in [0.4, 0.5) is 0 Å². The molecule has 10 atom stereocenters. The van der Waals surface area contributed by atoms with Gasteiger partial charge in [0.05, 0.1) is 18.2 Å². The van der Waals surface area contributed by atoms with Crippen LogP contribution >= 0.6 is 20.0 Å². The highest BCUT2D eigenvalue weighted by Crippen LogP contribution is 2.50. The summed E-state index contributed by atoms with van der Waals surface area (Å²) in [6, 6.07) is 0.223. The second-order valence-electron chi connectivity index (χ2n) is 12.6. The number of hydrogen-bond acceptors (Lipinski definition) is 14. The fourth-order valence-electron chi connectivity index (χ4n) is 6.19. The van der Waals surface area contributed by atoms with E-state index in [1.165, 1.54) is 30.9 Å². The van der Waals surface area contributed by atoms with Gasteiger partial charge in [0.15, 0.2) is 6.29 Å². The lowest BCUT2D eigenvalue weighted by atomic mass is 9.93. The summed E-state index contributed by atoms with van der Waals surface area (Å²) < 4.78 is 46.4. The first-order chi connectivity index (χ1) is 24.3. The van der Waals surface area contributed by atoms with Crippen LogP contribution in [0.15, 0.2) is 21.9 Å². The first-order valence-electron chi connectivity index (χ1n) is 17.1. The van der Waals surface area contributed by atoms with Crippen LogP contribution in [0, 0.1) is 5.92 Å². The van der Waals surface area contributed by atoms with Crippen molar-refractivity contribution in [3.63, 3.8) is 0 Å². The number of carbonyl (C=O) groups is 1. The Hall–Kier alpha value is -2.13. The van der Waals surface area contributed by atoms with Crippen LogP contribution in [0.2, 0.25) is 0 Å². The van der Waals surface area contributed by atoms with E-state index in [0.717, 1.165) is 50.6 Å². The molecule has 3 rings (SSSR count). The number of hydrogen-bond donors (Lipinski definition) is 7. The van der Waals surface area contributed by atoms with E-state index >= 15 is 0 Å². The molecule has 2 saturated heterocycles. The van der Waals surface area contributed by atoms with Crippen molar-refractivity contribution in [2.24, 2.45) is 5.92 Å². The largest absolute Gasteiger partial charge is 0.472 e. The molecule has 0 radical (unpaired) electrons. The molecule has 2 aliphatic rings. The number of thiocarbonyl (C=S) groups is 1. The number of phosphoric acid groups is 1. The van der Waals surface area contributed by atoms with Crippen molar-refractivity contribution < 1.29 is 57.6 Å². The van der Waals surface area contributed by atoms with Crippen molar-refractivity contribution in [1.29, 1.82) is 0 Å². The zero-order valence-electron chi connectivity index (χ0n) is 29.2. The molecule has 0 aromatic carbocycles. The number of H-pyrrole nitrogens is 1. The van der Waals surface area contributed by atoms with E-state index in [1.807, 2.05) is 0 Å². The number of aliphatic hydroxyl groups is 3. The van der Waals surface area contributed by atoms with Crippen molar-refractivity contribution in [2.75, 3.05) is 40.6 Å². The van der Waals surface area contributed by atoms with Crippen LogP contribution in [-0.2, 0) is 37.4 Å². The molecule has 3 heterocycles. The molecule has 20 heteroatoms. The molecule has 1 aromatic heterocycles. The number of nitrogens with one attached hydrogen (secondary N) is 3. The van der Waals surface area contributed by atoms with Crippen molar-refractivity contribution >= 4 is 30.9 Å². The third-order valence-electron chi connectivity index (χ3n) is 8.78. The van der Waals surface area contributed by atoms with Crippen LogP contribution in [0.3, 0.4) is 0 Å². The maximum absolute atomic E-state index is 12.6. The zero-order chi connectivity index (χ0) is 37.6. The Morgan fingerprint density at radius 1 is 1.06 bits per heavy atom. The molecule has 1 amide bonds. The smallest absolute Gasteiger partial charge is 0.394 e. The molecule has 2 aliphatic heterocycles. The SMILES string of the molecule is COC[C@H]1O[C@@H](n2ccc(=O)[nH]c2=O)[C@@H](CCCCCCCNC(=S)CCCCO[C@@H]2O[C@H](CO)[C@H](O)[C@H](O)[C@H]2NC(C)=O)C1OP(=O)(O)OC. The summed E-state index contributed by atoms with van der Waals surface area (Å²) in [5.41, 5.74) is -1.23. The molecule has 0 saturated carbocycles. The number of methoxy groups -OCH3 is 1. The Morgan fingerprint density at radius 2 is 1.78 bits per heavy atom. The minimum atomic E-state index is -4.40. The average molecular weight is 769 g/mol. The minimum absolute atomic E-state index is 0.0422. The van der Waals surface area contributed by atoms with Gasteiger partial charge in [0.25, 0.3) is 5.56 Å². The van der Waals surface area contributed by atoms with Gasteiger partial charge in [-0.1, -0.05) is 37.9 Å². The lowest BCUT2D eigenvalue weighted by Gasteiger charge is -2.42. The van der Waals surface area contributed by atoms with Gasteiger partial charge in [-0.25, -0.2) is 9.36 Å². The molecule has 292 valence electrons. The second kappa shape index (κ2) is 21.5. The number of aliphatic hydroxyl groups excluding tert-OH is 3. The Morgan fingerprint density at radius 3 is 2.45 bits per heavy atom. The summed E-state index contributed by atoms with van der Waals surface area (Å²) in [4.78, 5) is 48.8. The highest BCUT2D eigenvalue weighted by atomic mass is 32.1. The van der Waals surface area contributed by atoms with Crippen molar-refractivity contribution in [3.05, 3.63) is 33.1 Å². The summed E-state index contributed by atoms with van der Waals surface area (Å²) in [5.74, 6) is -0.933. The monoisotopic (exact) mass is 768 g/mol. The van der Waals surface area contributed by atoms with Gasteiger partial charge in [-0.15, -0.1) is 0 Å². The van der Waals surface area contributed by atoms with Gasteiger partial charge in [-0.05, 0) is 32.1 Å². The number of rotatable bonds is 22. The molecule has 7 N–H and O–H groups in total. The molecule has 51 heavy (non-hydrogen) atoms. The normalized spacial score (nSPS) is 29.0. The predicted molar refractivity (Wildman–Crippen MR) is 186 cm³/mol. The van der Waals surface area contributed by atoms with Crippen LogP contribution in [0.1, 0.15) is 70.9 Å². The first-order valence-corrected chi connectivity index (χ1v) is 19.0. The quantitative estimate of drug-likeness (QED) is 0.0473. The molecule has 2 fully saturated rings. The van der Waals surface area contributed by atoms with Crippen LogP contribution in [-0.4, -0.2) is 124 Å². The van der Waals surface area contributed by atoms with Crippen LogP contribution in [0.25, 0.3) is 0 Å². The molecule has 1 aromatic rings. The lowest BCUT2D eigenvalue weighted by Crippen LogP contribution is -2.64. The van der Waals surface area contributed by atoms with Gasteiger partial charge in [0, 0.05) is 52.5 Å². The number of ether oxygens (including phenoxy) is 4. The highest BCUT2D eigenvalue weighted by molar-refractivity contribution is 7.80. The molecule has 2 unspecified atom stereocenters. The van der Waals surface area contributed by atoms with Crippen molar-refractivity contribution in [1.82, 2.24) is 20.2 Å². The number of carbonyl (C=O) groups excluding carboxylic acids is 1. The van der Waals surface area contributed by atoms with E-state index < -0.39 is 86.6 Å². The summed E-state index contributed by atoms with van der Waals surface area (Å²) in [6.07, 6.45) is 0.782. The number of nitrogens with zero attached hydrogens (tertiary/aromatic N) is 1. The number of amides is 1. The van der Waals surface area contributed by atoms with E-state index in [4.69, 9.17) is 35.7 Å². The maximum atomic E-state index is 12.6. The fraction of sp³-hybridized carbons (Fsp3) is 0.806. The number of phosphoric ester groups is 1. The van der Waals surface area contributed by atoms with E-state index in [1.54, 1.807) is 0 Å². The standard InChI is InChI=1S/C31H53N4O14PS/c1-19(37)33-25-27(40)26(39)21(17-36)48-30(25)46-16-10-8-12-24(51)32-14-9-6-4-5-7-11-20-28(49-50(42,43)45-3)22(18-44-2)47-29(20)35-15-13-23(38)34-31(35)41/h13,15,20-22,25-30,36,39-40H,4-12,14,16-18H2,1-3H3,(H,32,51)(H,33,37)(H,42,43)(H,34,38,41)/t20-,21+,22+,25+,26-,27+,28?,29+,30+/m0/s1. The highest BCUT2D eigenvalue weighted by Gasteiger charge is 2.49. The van der Waals surface area contributed by atoms with Gasteiger partial charge >= 0.3 is 13.5 Å². The van der Waals surface area contributed by atoms with Crippen molar-refractivity contribution in [3.8, 4) is 0 Å². The third kappa shape index (κ3) is 13.3. The summed E-state index contributed by atoms with van der Waals surface area (Å²) >= 11 is 5.45. The summed E-state index contributed by atoms with van der Waals surface area (Å²) in [6.45, 7) is 1.77. The Bertz CT molecular complexity index is 1400. The van der Waals surface area contributed by atoms with Crippen LogP contribution in [0.5, 0.6) is 0 Å². The first kappa shape index (κ1) is 43.3. The maximum Gasteiger partial charge on any atom is 0.472 e. The number of aromatic amines is 1. The number of aromatic nitrogens is 2. The molecule has 0 aliphatic carbocycles. The van der Waals surface area contributed by atoms with Gasteiger partial charge < -0.3 is 49.8 Å². The minimum Gasteiger partial charge on any atom is -0.394 e. The van der Waals surface area contributed by atoms with Gasteiger partial charge in [0.1, 0.15) is 42.8 Å². The van der Waals surface area contributed by atoms with Gasteiger partial charge in [0.2, 0.25) is 5.91 Å². The van der Waals surface area contributed by atoms with E-state index in [0.29, 0.717) is 25.8 Å². The Kier molecular flexibility index (Phi) is 18.3. The summed E-state index contributed by atoms with van der Waals surface area (Å²) in [5, 5.41) is 35.7. The van der Waals surface area contributed by atoms with Gasteiger partial charge in [-0.3, -0.25) is 28.2 Å². The molecular weight excluding hydrogens is 715 g/mol. The van der Waals surface area contributed by atoms with Crippen LogP contribution < -0.4 is 21.9 Å². The predicted octanol–water partition coefficient (Wildman–Crippen LogP) is 0.217. The number of unbranched alkanes of at least 4 members (excludes halogenated alkanes) is 5. The zero-order valence-corrected chi connectivity index (χ0v) is 30.9. The molecule has 0 bridgehead atoms. The van der Waals surface area contributed by atoms with Crippen molar-refractivity contribution in [2.45, 2.75) is 114 Å². The van der Waals surface area contributed by atoms with E-state index in [9.17, 15) is 39.2 Å². The topological polar surface area (TPSA) is 249 Å². The summed E-state index contributed by atoms with van der Waals surface area (Å²) in [7, 11) is -1.88. The van der Waals surface area contributed by atoms with E-state index in [2.05, 4.69) is 20.1 Å². The van der Waals surface area contributed by atoms with E-state index in [-0.39, 0.29) is 13.2 Å². The molecular formula is C31H53N4O14PS. The van der Waals surface area contributed by atoms with Gasteiger partial charge in [-0.2, -0.15) is 0 Å². The second-order valence-corrected chi connectivity index (χ2v) is 14.6. The molecule has 18 nitrogen and oxygen atoms in total. The molecule has 0 spiro atoms. The Labute approximate surface area is 301 Å². The third-order valence-corrected chi connectivity index (χ3v) is 10.1. The Balaban J connectivity index is 1.37.